The standard InChI is InChI=1S/C8H17N.C7H9N/c1-9-7-8-5-3-2-4-6-8;1-6-2-4-7(8)5-3-6/h8-9H,2-7H2,1H3;2-5H,8H2,1H3. The molecular formula is C15H26N2. The highest BCUT2D eigenvalue weighted by Gasteiger charge is 2.11. The van der Waals surface area contributed by atoms with Crippen LogP contribution in [-0.4, -0.2) is 13.6 Å². The van der Waals surface area contributed by atoms with Crippen LogP contribution in [-0.2, 0) is 0 Å². The maximum atomic E-state index is 5.43. The maximum absolute atomic E-state index is 5.43. The molecule has 1 aliphatic rings. The van der Waals surface area contributed by atoms with Crippen molar-refractivity contribution in [3.63, 3.8) is 0 Å². The van der Waals surface area contributed by atoms with Crippen LogP contribution in [0.4, 0.5) is 5.69 Å². The minimum atomic E-state index is 0.829. The Balaban J connectivity index is 0.000000171. The number of rotatable bonds is 2. The van der Waals surface area contributed by atoms with Crippen LogP contribution < -0.4 is 11.1 Å². The fourth-order valence-corrected chi connectivity index (χ4v) is 2.25. The normalized spacial score (nSPS) is 16.1. The van der Waals surface area contributed by atoms with E-state index in [1.807, 2.05) is 31.2 Å². The average Bonchev–Trinajstić information content (AvgIpc) is 2.36. The fourth-order valence-electron chi connectivity index (χ4n) is 2.25. The smallest absolute Gasteiger partial charge is 0.0314 e. The monoisotopic (exact) mass is 234 g/mol. The van der Waals surface area contributed by atoms with Gasteiger partial charge in [-0.3, -0.25) is 0 Å². The van der Waals surface area contributed by atoms with Crippen LogP contribution in [0.15, 0.2) is 24.3 Å². The van der Waals surface area contributed by atoms with E-state index >= 15 is 0 Å². The van der Waals surface area contributed by atoms with Crippen molar-refractivity contribution < 1.29 is 0 Å². The lowest BCUT2D eigenvalue weighted by Gasteiger charge is -2.20. The zero-order valence-corrected chi connectivity index (χ0v) is 11.2. The van der Waals surface area contributed by atoms with E-state index in [1.54, 1.807) is 0 Å². The second-order valence-corrected chi connectivity index (χ2v) is 4.97. The molecule has 1 aliphatic carbocycles. The Morgan fingerprint density at radius 1 is 1.12 bits per heavy atom. The Labute approximate surface area is 106 Å². The van der Waals surface area contributed by atoms with E-state index in [4.69, 9.17) is 5.73 Å². The fraction of sp³-hybridized carbons (Fsp3) is 0.600. The molecule has 0 aliphatic heterocycles. The van der Waals surface area contributed by atoms with Gasteiger partial charge >= 0.3 is 0 Å². The molecule has 17 heavy (non-hydrogen) atoms. The summed E-state index contributed by atoms with van der Waals surface area (Å²) in [4.78, 5) is 0. The molecular weight excluding hydrogens is 208 g/mol. The number of nitrogen functional groups attached to an aromatic ring is 1. The van der Waals surface area contributed by atoms with E-state index < -0.39 is 0 Å². The molecule has 0 amide bonds. The molecule has 0 aromatic heterocycles. The van der Waals surface area contributed by atoms with Crippen LogP contribution in [0.5, 0.6) is 0 Å². The summed E-state index contributed by atoms with van der Waals surface area (Å²) in [5, 5.41) is 3.24. The molecule has 0 atom stereocenters. The molecule has 0 saturated heterocycles. The van der Waals surface area contributed by atoms with Crippen LogP contribution >= 0.6 is 0 Å². The van der Waals surface area contributed by atoms with E-state index in [0.29, 0.717) is 0 Å². The first-order valence-electron chi connectivity index (χ1n) is 6.69. The van der Waals surface area contributed by atoms with Crippen molar-refractivity contribution in [2.45, 2.75) is 39.0 Å². The van der Waals surface area contributed by atoms with Gasteiger partial charge in [-0.15, -0.1) is 0 Å². The molecule has 0 radical (unpaired) electrons. The molecule has 96 valence electrons. The Morgan fingerprint density at radius 2 is 1.71 bits per heavy atom. The first-order chi connectivity index (χ1) is 8.22. The molecule has 1 fully saturated rings. The zero-order chi connectivity index (χ0) is 12.5. The van der Waals surface area contributed by atoms with Crippen molar-refractivity contribution in [2.75, 3.05) is 19.3 Å². The summed E-state index contributed by atoms with van der Waals surface area (Å²) >= 11 is 0. The third kappa shape index (κ3) is 6.32. The highest BCUT2D eigenvalue weighted by Crippen LogP contribution is 2.22. The van der Waals surface area contributed by atoms with Gasteiger partial charge in [0.05, 0.1) is 0 Å². The van der Waals surface area contributed by atoms with Crippen LogP contribution in [0, 0.1) is 12.8 Å². The molecule has 0 unspecified atom stereocenters. The van der Waals surface area contributed by atoms with E-state index in [-0.39, 0.29) is 0 Å². The first-order valence-corrected chi connectivity index (χ1v) is 6.69. The molecule has 2 nitrogen and oxygen atoms in total. The van der Waals surface area contributed by atoms with Gasteiger partial charge in [0, 0.05) is 5.69 Å². The van der Waals surface area contributed by atoms with E-state index in [2.05, 4.69) is 12.4 Å². The minimum Gasteiger partial charge on any atom is -0.399 e. The Morgan fingerprint density at radius 3 is 2.18 bits per heavy atom. The lowest BCUT2D eigenvalue weighted by Crippen LogP contribution is -2.20. The Hall–Kier alpha value is -1.02. The average molecular weight is 234 g/mol. The van der Waals surface area contributed by atoms with Crippen molar-refractivity contribution in [2.24, 2.45) is 5.92 Å². The van der Waals surface area contributed by atoms with Crippen molar-refractivity contribution in [3.05, 3.63) is 29.8 Å². The van der Waals surface area contributed by atoms with Crippen molar-refractivity contribution in [1.29, 1.82) is 0 Å². The molecule has 0 spiro atoms. The molecule has 0 bridgehead atoms. The summed E-state index contributed by atoms with van der Waals surface area (Å²) in [6.45, 7) is 3.28. The molecule has 3 N–H and O–H groups in total. The highest BCUT2D eigenvalue weighted by molar-refractivity contribution is 5.38. The molecule has 1 aromatic rings. The maximum Gasteiger partial charge on any atom is 0.0314 e. The molecule has 1 aromatic carbocycles. The SMILES string of the molecule is CNCC1CCCCC1.Cc1ccc(N)cc1. The van der Waals surface area contributed by atoms with Crippen molar-refractivity contribution in [1.82, 2.24) is 5.32 Å². The van der Waals surface area contributed by atoms with Gasteiger partial charge < -0.3 is 11.1 Å². The van der Waals surface area contributed by atoms with Crippen LogP contribution in [0.3, 0.4) is 0 Å². The van der Waals surface area contributed by atoms with E-state index in [0.717, 1.165) is 11.6 Å². The van der Waals surface area contributed by atoms with Crippen molar-refractivity contribution >= 4 is 5.69 Å². The summed E-state index contributed by atoms with van der Waals surface area (Å²) in [5.74, 6) is 0.990. The topological polar surface area (TPSA) is 38.0 Å². The van der Waals surface area contributed by atoms with Crippen LogP contribution in [0.1, 0.15) is 37.7 Å². The number of aryl methyl sites for hydroxylation is 1. The van der Waals surface area contributed by atoms with Gasteiger partial charge in [-0.25, -0.2) is 0 Å². The van der Waals surface area contributed by atoms with Crippen LogP contribution in [0.2, 0.25) is 0 Å². The molecule has 0 heterocycles. The molecule has 1 saturated carbocycles. The van der Waals surface area contributed by atoms with Gasteiger partial charge in [-0.2, -0.15) is 0 Å². The second kappa shape index (κ2) is 8.13. The predicted octanol–water partition coefficient (Wildman–Crippen LogP) is 3.36. The number of benzene rings is 1. The van der Waals surface area contributed by atoms with Gasteiger partial charge in [-0.1, -0.05) is 37.0 Å². The number of nitrogens with two attached hydrogens (primary N) is 1. The predicted molar refractivity (Wildman–Crippen MR) is 76.1 cm³/mol. The zero-order valence-electron chi connectivity index (χ0n) is 11.2. The number of hydrogen-bond acceptors (Lipinski definition) is 2. The van der Waals surface area contributed by atoms with Gasteiger partial charge in [0.1, 0.15) is 0 Å². The summed E-state index contributed by atoms with van der Waals surface area (Å²) in [5.41, 5.74) is 7.51. The third-order valence-corrected chi connectivity index (χ3v) is 3.29. The lowest BCUT2D eigenvalue weighted by atomic mass is 9.89. The van der Waals surface area contributed by atoms with Gasteiger partial charge in [0.15, 0.2) is 0 Å². The van der Waals surface area contributed by atoms with E-state index in [9.17, 15) is 0 Å². The minimum absolute atomic E-state index is 0.829. The Bertz CT molecular complexity index is 263. The molecule has 2 rings (SSSR count). The number of anilines is 1. The summed E-state index contributed by atoms with van der Waals surface area (Å²) in [7, 11) is 2.05. The van der Waals surface area contributed by atoms with E-state index in [1.165, 1.54) is 44.2 Å². The first kappa shape index (κ1) is 14.0. The lowest BCUT2D eigenvalue weighted by molar-refractivity contribution is 0.350. The summed E-state index contributed by atoms with van der Waals surface area (Å²) in [6, 6.07) is 7.79. The second-order valence-electron chi connectivity index (χ2n) is 4.97. The third-order valence-electron chi connectivity index (χ3n) is 3.29. The van der Waals surface area contributed by atoms with Gasteiger partial charge in [0.2, 0.25) is 0 Å². The summed E-state index contributed by atoms with van der Waals surface area (Å²) < 4.78 is 0. The highest BCUT2D eigenvalue weighted by atomic mass is 14.8. The van der Waals surface area contributed by atoms with Crippen molar-refractivity contribution in [3.8, 4) is 0 Å². The van der Waals surface area contributed by atoms with Crippen LogP contribution in [0.25, 0.3) is 0 Å². The van der Waals surface area contributed by atoms with Gasteiger partial charge in [0.25, 0.3) is 0 Å². The van der Waals surface area contributed by atoms with Gasteiger partial charge in [-0.05, 0) is 51.4 Å². The Kier molecular flexibility index (Phi) is 6.71. The quantitative estimate of drug-likeness (QED) is 0.770. The largest absolute Gasteiger partial charge is 0.399 e. The molecule has 2 heteroatoms. The number of hydrogen-bond donors (Lipinski definition) is 2. The summed E-state index contributed by atoms with van der Waals surface area (Å²) in [6.07, 6.45) is 7.32. The number of nitrogens with one attached hydrogen (secondary N) is 1.